The maximum absolute atomic E-state index is 13.1. The van der Waals surface area contributed by atoms with Gasteiger partial charge >= 0.3 is 12.0 Å². The zero-order valence-corrected chi connectivity index (χ0v) is 17.1. The highest BCUT2D eigenvalue weighted by atomic mass is 32.2. The monoisotopic (exact) mass is 403 g/mol. The van der Waals surface area contributed by atoms with Crippen molar-refractivity contribution in [2.45, 2.75) is 45.3 Å². The predicted octanol–water partition coefficient (Wildman–Crippen LogP) is 2.94. The number of hydrogen-bond acceptors (Lipinski definition) is 5. The van der Waals surface area contributed by atoms with Gasteiger partial charge in [-0.05, 0) is 48.5 Å². The van der Waals surface area contributed by atoms with Crippen LogP contribution in [0, 0.1) is 17.2 Å². The summed E-state index contributed by atoms with van der Waals surface area (Å²) >= 11 is 1.47. The van der Waals surface area contributed by atoms with Crippen molar-refractivity contribution in [3.05, 3.63) is 35.4 Å². The van der Waals surface area contributed by atoms with Crippen LogP contribution in [0.15, 0.2) is 24.3 Å². The number of nitriles is 1. The fourth-order valence-electron chi connectivity index (χ4n) is 3.27. The van der Waals surface area contributed by atoms with Crippen LogP contribution in [0.25, 0.3) is 0 Å². The number of urea groups is 1. The Hall–Kier alpha value is -2.53. The molecule has 1 aromatic rings. The Morgan fingerprint density at radius 3 is 2.43 bits per heavy atom. The lowest BCUT2D eigenvalue weighted by molar-refractivity contribution is -0.147. The highest BCUT2D eigenvalue weighted by Crippen LogP contribution is 2.28. The molecule has 3 amide bonds. The third-order valence-corrected chi connectivity index (χ3v) is 5.32. The number of benzene rings is 1. The van der Waals surface area contributed by atoms with Gasteiger partial charge < -0.3 is 10.0 Å². The van der Waals surface area contributed by atoms with Gasteiger partial charge in [-0.15, -0.1) is 0 Å². The van der Waals surface area contributed by atoms with Gasteiger partial charge in [0.05, 0.1) is 11.6 Å². The summed E-state index contributed by atoms with van der Waals surface area (Å²) in [6, 6.07) is 6.44. The van der Waals surface area contributed by atoms with Gasteiger partial charge in [0, 0.05) is 6.54 Å². The van der Waals surface area contributed by atoms with E-state index < -0.39 is 30.0 Å². The van der Waals surface area contributed by atoms with E-state index in [-0.39, 0.29) is 18.9 Å². The lowest BCUT2D eigenvalue weighted by atomic mass is 10.0. The van der Waals surface area contributed by atoms with Crippen molar-refractivity contribution in [3.8, 4) is 6.07 Å². The van der Waals surface area contributed by atoms with Crippen molar-refractivity contribution in [3.63, 3.8) is 0 Å². The van der Waals surface area contributed by atoms with Crippen LogP contribution in [-0.2, 0) is 16.1 Å². The molecule has 1 fully saturated rings. The van der Waals surface area contributed by atoms with E-state index >= 15 is 0 Å². The Labute approximate surface area is 169 Å². The molecule has 2 rings (SSSR count). The molecule has 1 saturated heterocycles. The molecule has 0 saturated carbocycles. The molecule has 28 heavy (non-hydrogen) atoms. The second-order valence-electron chi connectivity index (χ2n) is 7.21. The van der Waals surface area contributed by atoms with Gasteiger partial charge in [-0.3, -0.25) is 4.79 Å². The summed E-state index contributed by atoms with van der Waals surface area (Å²) in [6.45, 7) is 4.12. The Kier molecular flexibility index (Phi) is 7.46. The molecule has 0 aliphatic carbocycles. The van der Waals surface area contributed by atoms with Gasteiger partial charge in [0.15, 0.2) is 0 Å². The van der Waals surface area contributed by atoms with E-state index in [1.165, 1.54) is 16.7 Å². The summed E-state index contributed by atoms with van der Waals surface area (Å²) in [6.07, 6.45) is 2.53. The third kappa shape index (κ3) is 4.84. The minimum absolute atomic E-state index is 0.166. The van der Waals surface area contributed by atoms with E-state index in [4.69, 9.17) is 5.26 Å². The topological polar surface area (TPSA) is 102 Å². The van der Waals surface area contributed by atoms with Crippen LogP contribution in [0.1, 0.15) is 37.8 Å². The number of nitrogens with zero attached hydrogens (tertiary/aromatic N) is 3. The average molecular weight is 404 g/mol. The van der Waals surface area contributed by atoms with E-state index in [2.05, 4.69) is 0 Å². The van der Waals surface area contributed by atoms with Gasteiger partial charge in [-0.25, -0.2) is 14.5 Å². The van der Waals surface area contributed by atoms with Crippen molar-refractivity contribution in [1.29, 1.82) is 5.26 Å². The zero-order valence-electron chi connectivity index (χ0n) is 16.3. The van der Waals surface area contributed by atoms with E-state index in [0.29, 0.717) is 17.7 Å². The maximum Gasteiger partial charge on any atom is 0.328 e. The first-order valence-electron chi connectivity index (χ1n) is 9.14. The molecule has 1 N–H and O–H groups in total. The number of hydrogen-bond donors (Lipinski definition) is 1. The van der Waals surface area contributed by atoms with Crippen LogP contribution in [-0.4, -0.2) is 56.9 Å². The molecule has 2 atom stereocenters. The molecule has 1 heterocycles. The Balaban J connectivity index is 2.32. The number of carboxylic acids is 1. The van der Waals surface area contributed by atoms with Crippen LogP contribution in [0.2, 0.25) is 0 Å². The summed E-state index contributed by atoms with van der Waals surface area (Å²) in [7, 11) is 0. The number of rotatable bonds is 9. The molecular formula is C20H25N3O4S. The minimum atomic E-state index is -1.17. The average Bonchev–Trinajstić information content (AvgIpc) is 2.87. The number of carbonyl (C=O) groups is 3. The molecule has 0 aromatic heterocycles. The molecule has 1 aliphatic rings. The molecule has 0 bridgehead atoms. The zero-order chi connectivity index (χ0) is 20.8. The first-order valence-corrected chi connectivity index (χ1v) is 10.5. The van der Waals surface area contributed by atoms with Crippen molar-refractivity contribution in [2.75, 3.05) is 12.0 Å². The normalized spacial score (nSPS) is 17.9. The molecule has 2 unspecified atom stereocenters. The van der Waals surface area contributed by atoms with Crippen LogP contribution in [0.3, 0.4) is 0 Å². The second-order valence-corrected chi connectivity index (χ2v) is 8.19. The van der Waals surface area contributed by atoms with E-state index in [1.54, 1.807) is 24.3 Å². The Morgan fingerprint density at radius 1 is 1.29 bits per heavy atom. The fourth-order valence-corrected chi connectivity index (χ4v) is 3.73. The molecule has 1 aromatic carbocycles. The van der Waals surface area contributed by atoms with Gasteiger partial charge in [-0.2, -0.15) is 17.0 Å². The SMILES string of the molecule is CSCCC(C(=O)O)N1C(=O)C(CC(C)C)N(Cc2ccc(C#N)cc2)C1=O. The lowest BCUT2D eigenvalue weighted by Crippen LogP contribution is -2.46. The smallest absolute Gasteiger partial charge is 0.328 e. The van der Waals surface area contributed by atoms with Crippen LogP contribution >= 0.6 is 11.8 Å². The van der Waals surface area contributed by atoms with Crippen LogP contribution < -0.4 is 0 Å². The standard InChI is InChI=1S/C20H25N3O4S/c1-13(2)10-17-18(24)23(16(19(25)26)8-9-28-3)20(27)22(17)12-15-6-4-14(11-21)5-7-15/h4-7,13,16-17H,8-10,12H2,1-3H3,(H,25,26). The Bertz CT molecular complexity index is 773. The van der Waals surface area contributed by atoms with Crippen molar-refractivity contribution < 1.29 is 19.5 Å². The van der Waals surface area contributed by atoms with Crippen molar-refractivity contribution in [1.82, 2.24) is 9.80 Å². The number of aliphatic carboxylic acids is 1. The Morgan fingerprint density at radius 2 is 1.93 bits per heavy atom. The maximum atomic E-state index is 13.1. The number of amides is 3. The fraction of sp³-hybridized carbons (Fsp3) is 0.500. The second kappa shape index (κ2) is 9.60. The van der Waals surface area contributed by atoms with Gasteiger partial charge in [0.25, 0.3) is 5.91 Å². The summed E-state index contributed by atoms with van der Waals surface area (Å²) in [5, 5.41) is 18.5. The van der Waals surface area contributed by atoms with Gasteiger partial charge in [0.2, 0.25) is 0 Å². The molecule has 7 nitrogen and oxygen atoms in total. The largest absolute Gasteiger partial charge is 0.480 e. The van der Waals surface area contributed by atoms with Gasteiger partial charge in [0.1, 0.15) is 12.1 Å². The molecule has 0 spiro atoms. The van der Waals surface area contributed by atoms with E-state index in [0.717, 1.165) is 10.5 Å². The van der Waals surface area contributed by atoms with Crippen LogP contribution in [0.5, 0.6) is 0 Å². The van der Waals surface area contributed by atoms with E-state index in [1.807, 2.05) is 26.2 Å². The molecule has 150 valence electrons. The highest BCUT2D eigenvalue weighted by molar-refractivity contribution is 7.98. The number of carboxylic acid groups (broad SMARTS) is 1. The number of imide groups is 1. The molecule has 8 heteroatoms. The first kappa shape index (κ1) is 21.8. The molecular weight excluding hydrogens is 378 g/mol. The summed E-state index contributed by atoms with van der Waals surface area (Å²) < 4.78 is 0. The van der Waals surface area contributed by atoms with E-state index in [9.17, 15) is 19.5 Å². The number of thioether (sulfide) groups is 1. The van der Waals surface area contributed by atoms with Crippen molar-refractivity contribution in [2.24, 2.45) is 5.92 Å². The van der Waals surface area contributed by atoms with Crippen molar-refractivity contribution >= 4 is 29.7 Å². The quantitative estimate of drug-likeness (QED) is 0.636. The highest BCUT2D eigenvalue weighted by Gasteiger charge is 2.49. The minimum Gasteiger partial charge on any atom is -0.480 e. The molecule has 1 aliphatic heterocycles. The molecule has 0 radical (unpaired) electrons. The van der Waals surface area contributed by atoms with Gasteiger partial charge in [-0.1, -0.05) is 26.0 Å². The summed E-state index contributed by atoms with van der Waals surface area (Å²) in [5.41, 5.74) is 1.29. The predicted molar refractivity (Wildman–Crippen MR) is 107 cm³/mol. The lowest BCUT2D eigenvalue weighted by Gasteiger charge is -2.24. The number of carbonyl (C=O) groups excluding carboxylic acids is 2. The first-order chi connectivity index (χ1) is 13.3. The summed E-state index contributed by atoms with van der Waals surface area (Å²) in [4.78, 5) is 40.2. The van der Waals surface area contributed by atoms with Crippen LogP contribution in [0.4, 0.5) is 4.79 Å². The third-order valence-electron chi connectivity index (χ3n) is 4.67. The summed E-state index contributed by atoms with van der Waals surface area (Å²) in [5.74, 6) is -0.904.